The van der Waals surface area contributed by atoms with Crippen molar-refractivity contribution in [2.75, 3.05) is 13.1 Å². The number of hydrogen-bond acceptors (Lipinski definition) is 2. The summed E-state index contributed by atoms with van der Waals surface area (Å²) in [6.45, 7) is 4.55. The molecule has 1 aliphatic heterocycles. The Labute approximate surface area is 71.2 Å². The summed E-state index contributed by atoms with van der Waals surface area (Å²) in [5, 5.41) is 8.54. The van der Waals surface area contributed by atoms with Gasteiger partial charge in [-0.1, -0.05) is 6.92 Å². The van der Waals surface area contributed by atoms with Gasteiger partial charge in [-0.05, 0) is 0 Å². The number of amides is 1. The molecule has 0 unspecified atom stereocenters. The van der Waals surface area contributed by atoms with Crippen molar-refractivity contribution in [3.05, 3.63) is 0 Å². The molecule has 0 aromatic heterocycles. The summed E-state index contributed by atoms with van der Waals surface area (Å²) in [7, 11) is 0. The maximum atomic E-state index is 10.8. The van der Waals surface area contributed by atoms with E-state index in [4.69, 9.17) is 5.11 Å². The van der Waals surface area contributed by atoms with Crippen LogP contribution in [-0.4, -0.2) is 35.0 Å². The molecule has 1 N–H and O–H groups in total. The van der Waals surface area contributed by atoms with Crippen LogP contribution < -0.4 is 0 Å². The minimum atomic E-state index is -0.791. The lowest BCUT2D eigenvalue weighted by Gasteiger charge is -2.46. The molecule has 1 fully saturated rings. The summed E-state index contributed by atoms with van der Waals surface area (Å²) in [5.41, 5.74) is -0.197. The van der Waals surface area contributed by atoms with Gasteiger partial charge in [-0.3, -0.25) is 9.59 Å². The molecule has 1 rings (SSSR count). The minimum absolute atomic E-state index is 0.0258. The summed E-state index contributed by atoms with van der Waals surface area (Å²) in [6, 6.07) is 0. The number of rotatable bonds is 2. The van der Waals surface area contributed by atoms with Crippen molar-refractivity contribution in [2.24, 2.45) is 5.41 Å². The van der Waals surface area contributed by atoms with Crippen LogP contribution in [0.5, 0.6) is 0 Å². The Kier molecular flexibility index (Phi) is 2.08. The first kappa shape index (κ1) is 9.03. The highest BCUT2D eigenvalue weighted by atomic mass is 16.4. The summed E-state index contributed by atoms with van der Waals surface area (Å²) in [5.74, 6) is -0.765. The van der Waals surface area contributed by atoms with Gasteiger partial charge in [0.2, 0.25) is 5.91 Å². The monoisotopic (exact) mass is 171 g/mol. The number of carbonyl (C=O) groups excluding carboxylic acids is 1. The molecule has 4 heteroatoms. The fraction of sp³-hybridized carbons (Fsp3) is 0.750. The molecule has 0 radical (unpaired) electrons. The smallest absolute Gasteiger partial charge is 0.304 e. The third-order valence-corrected chi connectivity index (χ3v) is 2.17. The molecule has 1 amide bonds. The predicted octanol–water partition coefficient (Wildman–Crippen LogP) is 0.329. The fourth-order valence-corrected chi connectivity index (χ4v) is 1.57. The van der Waals surface area contributed by atoms with E-state index in [0.29, 0.717) is 13.1 Å². The van der Waals surface area contributed by atoms with E-state index in [-0.39, 0.29) is 17.7 Å². The fourth-order valence-electron chi connectivity index (χ4n) is 1.57. The number of aliphatic carboxylic acids is 1. The van der Waals surface area contributed by atoms with Gasteiger partial charge in [0.05, 0.1) is 6.42 Å². The molecule has 0 aromatic rings. The van der Waals surface area contributed by atoms with Crippen LogP contribution >= 0.6 is 0 Å². The van der Waals surface area contributed by atoms with Gasteiger partial charge in [0, 0.05) is 25.4 Å². The Hall–Kier alpha value is -1.06. The number of likely N-dealkylation sites (tertiary alicyclic amines) is 1. The summed E-state index contributed by atoms with van der Waals surface area (Å²) in [6.07, 6.45) is 0.150. The molecule has 1 aliphatic rings. The summed E-state index contributed by atoms with van der Waals surface area (Å²) < 4.78 is 0. The third-order valence-electron chi connectivity index (χ3n) is 2.17. The third kappa shape index (κ3) is 1.75. The largest absolute Gasteiger partial charge is 0.481 e. The van der Waals surface area contributed by atoms with Gasteiger partial charge < -0.3 is 10.0 Å². The molecule has 68 valence electrons. The van der Waals surface area contributed by atoms with Crippen molar-refractivity contribution >= 4 is 11.9 Å². The van der Waals surface area contributed by atoms with Gasteiger partial charge in [-0.2, -0.15) is 0 Å². The average Bonchev–Trinajstić information content (AvgIpc) is 1.80. The highest BCUT2D eigenvalue weighted by Gasteiger charge is 2.41. The van der Waals surface area contributed by atoms with E-state index < -0.39 is 5.97 Å². The highest BCUT2D eigenvalue weighted by Crippen LogP contribution is 2.32. The number of carbonyl (C=O) groups is 2. The van der Waals surface area contributed by atoms with Gasteiger partial charge in [-0.25, -0.2) is 0 Å². The zero-order valence-electron chi connectivity index (χ0n) is 7.33. The van der Waals surface area contributed by atoms with E-state index in [1.165, 1.54) is 6.92 Å². The first-order chi connectivity index (χ1) is 5.43. The molecule has 0 atom stereocenters. The minimum Gasteiger partial charge on any atom is -0.481 e. The molecular formula is C8H13NO3. The van der Waals surface area contributed by atoms with Gasteiger partial charge >= 0.3 is 5.97 Å². The Bertz CT molecular complexity index is 218. The Balaban J connectivity index is 2.40. The lowest BCUT2D eigenvalue weighted by molar-refractivity contribution is -0.150. The number of carboxylic acid groups (broad SMARTS) is 1. The Morgan fingerprint density at radius 1 is 1.50 bits per heavy atom. The van der Waals surface area contributed by atoms with Crippen LogP contribution in [0.1, 0.15) is 20.3 Å². The first-order valence-corrected chi connectivity index (χ1v) is 3.90. The van der Waals surface area contributed by atoms with Crippen LogP contribution in [0.4, 0.5) is 0 Å². The highest BCUT2D eigenvalue weighted by molar-refractivity contribution is 5.75. The molecule has 0 saturated carbocycles. The van der Waals surface area contributed by atoms with E-state index in [1.807, 2.05) is 6.92 Å². The van der Waals surface area contributed by atoms with Crippen molar-refractivity contribution in [1.29, 1.82) is 0 Å². The van der Waals surface area contributed by atoms with Crippen molar-refractivity contribution in [1.82, 2.24) is 4.90 Å². The second kappa shape index (κ2) is 2.77. The maximum absolute atomic E-state index is 10.8. The second-order valence-corrected chi connectivity index (χ2v) is 3.76. The molecule has 1 heterocycles. The van der Waals surface area contributed by atoms with E-state index in [9.17, 15) is 9.59 Å². The lowest BCUT2D eigenvalue weighted by atomic mass is 9.79. The van der Waals surface area contributed by atoms with E-state index in [2.05, 4.69) is 0 Å². The number of carboxylic acids is 1. The van der Waals surface area contributed by atoms with E-state index in [1.54, 1.807) is 4.90 Å². The van der Waals surface area contributed by atoms with Gasteiger partial charge in [0.25, 0.3) is 0 Å². The van der Waals surface area contributed by atoms with Crippen LogP contribution in [0.3, 0.4) is 0 Å². The number of nitrogens with zero attached hydrogens (tertiary/aromatic N) is 1. The predicted molar refractivity (Wildman–Crippen MR) is 42.6 cm³/mol. The number of hydrogen-bond donors (Lipinski definition) is 1. The van der Waals surface area contributed by atoms with Crippen LogP contribution in [0, 0.1) is 5.41 Å². The Morgan fingerprint density at radius 2 is 2.00 bits per heavy atom. The van der Waals surface area contributed by atoms with E-state index in [0.717, 1.165) is 0 Å². The first-order valence-electron chi connectivity index (χ1n) is 3.90. The van der Waals surface area contributed by atoms with Gasteiger partial charge in [-0.15, -0.1) is 0 Å². The summed E-state index contributed by atoms with van der Waals surface area (Å²) >= 11 is 0. The molecule has 0 aliphatic carbocycles. The molecule has 12 heavy (non-hydrogen) atoms. The zero-order valence-corrected chi connectivity index (χ0v) is 7.33. The van der Waals surface area contributed by atoms with Crippen molar-refractivity contribution in [3.8, 4) is 0 Å². The molecule has 0 bridgehead atoms. The van der Waals surface area contributed by atoms with Gasteiger partial charge in [0.15, 0.2) is 0 Å². The molecule has 4 nitrogen and oxygen atoms in total. The maximum Gasteiger partial charge on any atom is 0.304 e. The van der Waals surface area contributed by atoms with Crippen LogP contribution in [0.15, 0.2) is 0 Å². The SMILES string of the molecule is CC(=O)N1CC(C)(CC(=O)O)C1. The van der Waals surface area contributed by atoms with E-state index >= 15 is 0 Å². The standard InChI is InChI=1S/C8H13NO3/c1-6(10)9-4-8(2,5-9)3-7(11)12/h3-5H2,1-2H3,(H,11,12). The Morgan fingerprint density at radius 3 is 2.33 bits per heavy atom. The van der Waals surface area contributed by atoms with Crippen LogP contribution in [0.2, 0.25) is 0 Å². The van der Waals surface area contributed by atoms with Crippen LogP contribution in [0.25, 0.3) is 0 Å². The van der Waals surface area contributed by atoms with Crippen molar-refractivity contribution in [3.63, 3.8) is 0 Å². The molecule has 1 saturated heterocycles. The van der Waals surface area contributed by atoms with Crippen molar-refractivity contribution in [2.45, 2.75) is 20.3 Å². The topological polar surface area (TPSA) is 57.6 Å². The molecule has 0 spiro atoms. The lowest BCUT2D eigenvalue weighted by Crippen LogP contribution is -2.57. The van der Waals surface area contributed by atoms with Crippen LogP contribution in [-0.2, 0) is 9.59 Å². The zero-order chi connectivity index (χ0) is 9.35. The van der Waals surface area contributed by atoms with Gasteiger partial charge in [0.1, 0.15) is 0 Å². The average molecular weight is 171 g/mol. The summed E-state index contributed by atoms with van der Waals surface area (Å²) in [4.78, 5) is 22.8. The molecular weight excluding hydrogens is 158 g/mol. The van der Waals surface area contributed by atoms with Crippen molar-refractivity contribution < 1.29 is 14.7 Å². The quantitative estimate of drug-likeness (QED) is 0.651. The normalized spacial score (nSPS) is 20.0. The molecule has 0 aromatic carbocycles. The second-order valence-electron chi connectivity index (χ2n) is 3.76.